The highest BCUT2D eigenvalue weighted by atomic mass is 32.2. The lowest BCUT2D eigenvalue weighted by Crippen LogP contribution is -2.49. The van der Waals surface area contributed by atoms with Gasteiger partial charge >= 0.3 is 0 Å². The van der Waals surface area contributed by atoms with E-state index >= 15 is 0 Å². The van der Waals surface area contributed by atoms with Crippen LogP contribution in [0.2, 0.25) is 0 Å². The molecule has 1 fully saturated rings. The Balaban J connectivity index is 2.95. The van der Waals surface area contributed by atoms with E-state index in [2.05, 4.69) is 0 Å². The fourth-order valence-electron chi connectivity index (χ4n) is 1.24. The van der Waals surface area contributed by atoms with E-state index in [1.165, 1.54) is 6.92 Å². The van der Waals surface area contributed by atoms with Crippen molar-refractivity contribution in [3.05, 3.63) is 0 Å². The Hall–Kier alpha value is -0.170. The van der Waals surface area contributed by atoms with Gasteiger partial charge < -0.3 is 9.84 Å². The zero-order valence-electron chi connectivity index (χ0n) is 6.73. The molecule has 1 aliphatic rings. The molecule has 0 aromatic heterocycles. The van der Waals surface area contributed by atoms with Gasteiger partial charge in [-0.25, -0.2) is 0 Å². The highest BCUT2D eigenvalue weighted by Gasteiger charge is 2.47. The number of rotatable bonds is 1. The maximum Gasteiger partial charge on any atom is 0.295 e. The third kappa shape index (κ3) is 1.47. The Morgan fingerprint density at radius 1 is 1.58 bits per heavy atom. The van der Waals surface area contributed by atoms with Gasteiger partial charge in [0.15, 0.2) is 4.93 Å². The van der Waals surface area contributed by atoms with Gasteiger partial charge in [-0.2, -0.15) is 8.42 Å². The molecule has 12 heavy (non-hydrogen) atoms. The normalized spacial score (nSPS) is 38.1. The van der Waals surface area contributed by atoms with Crippen molar-refractivity contribution in [3.8, 4) is 0 Å². The van der Waals surface area contributed by atoms with Gasteiger partial charge in [-0.15, -0.1) is 0 Å². The van der Waals surface area contributed by atoms with Crippen LogP contribution in [0.4, 0.5) is 0 Å². The minimum Gasteiger partial charge on any atom is -0.381 e. The average molecular weight is 196 g/mol. The summed E-state index contributed by atoms with van der Waals surface area (Å²) in [5, 5.41) is 9.56. The van der Waals surface area contributed by atoms with Crippen molar-refractivity contribution in [2.24, 2.45) is 5.92 Å². The van der Waals surface area contributed by atoms with Crippen molar-refractivity contribution in [3.63, 3.8) is 0 Å². The van der Waals surface area contributed by atoms with Crippen LogP contribution in [0.15, 0.2) is 0 Å². The fraction of sp³-hybridized carbons (Fsp3) is 1.00. The van der Waals surface area contributed by atoms with E-state index < -0.39 is 21.0 Å². The van der Waals surface area contributed by atoms with Crippen LogP contribution in [-0.2, 0) is 14.9 Å². The summed E-state index contributed by atoms with van der Waals surface area (Å²) in [5.74, 6) is -0.596. The molecule has 0 radical (unpaired) electrons. The molecule has 0 saturated carbocycles. The van der Waals surface area contributed by atoms with E-state index in [0.29, 0.717) is 0 Å². The van der Waals surface area contributed by atoms with Crippen LogP contribution in [0.25, 0.3) is 0 Å². The van der Waals surface area contributed by atoms with Gasteiger partial charge in [0, 0.05) is 12.3 Å². The van der Waals surface area contributed by atoms with Crippen molar-refractivity contribution >= 4 is 10.1 Å². The number of hydrogen-bond donors (Lipinski definition) is 2. The summed E-state index contributed by atoms with van der Waals surface area (Å²) in [5.41, 5.74) is 0. The molecule has 2 unspecified atom stereocenters. The van der Waals surface area contributed by atoms with Crippen molar-refractivity contribution in [2.45, 2.75) is 18.3 Å². The summed E-state index contributed by atoms with van der Waals surface area (Å²) >= 11 is 0. The Morgan fingerprint density at radius 3 is 2.50 bits per heavy atom. The predicted octanol–water partition coefficient (Wildman–Crippen LogP) is -0.381. The van der Waals surface area contributed by atoms with Gasteiger partial charge in [-0.1, -0.05) is 6.92 Å². The zero-order chi connectivity index (χ0) is 9.41. The molecular formula is C6H12O5S. The summed E-state index contributed by atoms with van der Waals surface area (Å²) in [6, 6.07) is 0. The largest absolute Gasteiger partial charge is 0.381 e. The Bertz CT molecular complexity index is 259. The van der Waals surface area contributed by atoms with Crippen molar-refractivity contribution in [1.29, 1.82) is 0 Å². The first-order chi connectivity index (χ1) is 5.38. The molecular weight excluding hydrogens is 184 g/mol. The summed E-state index contributed by atoms with van der Waals surface area (Å²) in [7, 11) is -4.40. The smallest absolute Gasteiger partial charge is 0.295 e. The Kier molecular flexibility index (Phi) is 2.44. The molecule has 0 spiro atoms. The molecule has 0 bridgehead atoms. The van der Waals surface area contributed by atoms with Gasteiger partial charge in [0.1, 0.15) is 0 Å². The second-order valence-corrected chi connectivity index (χ2v) is 4.70. The number of aliphatic hydroxyl groups is 1. The molecule has 2 atom stereocenters. The van der Waals surface area contributed by atoms with Crippen LogP contribution in [-0.4, -0.2) is 36.2 Å². The van der Waals surface area contributed by atoms with Crippen LogP contribution in [0.3, 0.4) is 0 Å². The summed E-state index contributed by atoms with van der Waals surface area (Å²) in [6.45, 7) is 1.82. The minimum absolute atomic E-state index is 0.0764. The predicted molar refractivity (Wildman–Crippen MR) is 41.1 cm³/mol. The second kappa shape index (κ2) is 2.95. The van der Waals surface area contributed by atoms with E-state index in [1.807, 2.05) is 0 Å². The zero-order valence-corrected chi connectivity index (χ0v) is 7.54. The van der Waals surface area contributed by atoms with Gasteiger partial charge in [0.2, 0.25) is 0 Å². The van der Waals surface area contributed by atoms with Gasteiger partial charge in [-0.05, 0) is 0 Å². The highest BCUT2D eigenvalue weighted by molar-refractivity contribution is 7.87. The topological polar surface area (TPSA) is 83.8 Å². The lowest BCUT2D eigenvalue weighted by Gasteiger charge is -2.34. The average Bonchev–Trinajstić information content (AvgIpc) is 1.93. The first-order valence-electron chi connectivity index (χ1n) is 3.65. The number of ether oxygens (including phenoxy) is 1. The van der Waals surface area contributed by atoms with E-state index in [0.717, 1.165) is 0 Å². The Labute approximate surface area is 71.1 Å². The van der Waals surface area contributed by atoms with E-state index in [9.17, 15) is 13.5 Å². The summed E-state index contributed by atoms with van der Waals surface area (Å²) in [6.07, 6.45) is -0.0764. The number of hydrogen-bond acceptors (Lipinski definition) is 4. The molecule has 1 heterocycles. The van der Waals surface area contributed by atoms with Crippen molar-refractivity contribution < 1.29 is 22.8 Å². The van der Waals surface area contributed by atoms with E-state index in [-0.39, 0.29) is 19.6 Å². The molecule has 1 saturated heterocycles. The van der Waals surface area contributed by atoms with E-state index in [1.54, 1.807) is 0 Å². The molecule has 0 amide bonds. The van der Waals surface area contributed by atoms with Crippen LogP contribution in [0.5, 0.6) is 0 Å². The Morgan fingerprint density at radius 2 is 2.17 bits per heavy atom. The first-order valence-corrected chi connectivity index (χ1v) is 5.09. The molecule has 72 valence electrons. The summed E-state index contributed by atoms with van der Waals surface area (Å²) in [4.78, 5) is -2.02. The first kappa shape index (κ1) is 9.91. The summed E-state index contributed by atoms with van der Waals surface area (Å²) < 4.78 is 35.2. The lowest BCUT2D eigenvalue weighted by molar-refractivity contribution is -0.0587. The second-order valence-electron chi connectivity index (χ2n) is 3.05. The SMILES string of the molecule is CC1COCCC1(O)S(=O)(=O)O. The third-order valence-corrected chi connectivity index (χ3v) is 3.69. The maximum absolute atomic E-state index is 10.8. The maximum atomic E-state index is 10.8. The van der Waals surface area contributed by atoms with Crippen LogP contribution in [0, 0.1) is 5.92 Å². The molecule has 0 aromatic rings. The van der Waals surface area contributed by atoms with Gasteiger partial charge in [0.05, 0.1) is 13.2 Å². The van der Waals surface area contributed by atoms with Crippen molar-refractivity contribution in [2.75, 3.05) is 13.2 Å². The molecule has 1 aliphatic heterocycles. The van der Waals surface area contributed by atoms with Crippen molar-refractivity contribution in [1.82, 2.24) is 0 Å². The molecule has 6 heteroatoms. The monoisotopic (exact) mass is 196 g/mol. The van der Waals surface area contributed by atoms with Crippen LogP contribution >= 0.6 is 0 Å². The molecule has 0 aromatic carbocycles. The quantitative estimate of drug-likeness (QED) is 0.558. The minimum atomic E-state index is -4.40. The fourth-order valence-corrected chi connectivity index (χ4v) is 2.16. The van der Waals surface area contributed by atoms with Gasteiger partial charge in [-0.3, -0.25) is 4.55 Å². The molecule has 1 rings (SSSR count). The standard InChI is InChI=1S/C6H12O5S/c1-5-4-11-3-2-6(5,7)12(8,9)10/h5,7H,2-4H2,1H3,(H,8,9,10). The molecule has 0 aliphatic carbocycles. The van der Waals surface area contributed by atoms with Crippen LogP contribution < -0.4 is 0 Å². The van der Waals surface area contributed by atoms with E-state index in [4.69, 9.17) is 9.29 Å². The lowest BCUT2D eigenvalue weighted by atomic mass is 10.0. The third-order valence-electron chi connectivity index (χ3n) is 2.19. The molecule has 2 N–H and O–H groups in total. The van der Waals surface area contributed by atoms with Gasteiger partial charge in [0.25, 0.3) is 10.1 Å². The molecule has 5 nitrogen and oxygen atoms in total. The highest BCUT2D eigenvalue weighted by Crippen LogP contribution is 2.30. The van der Waals surface area contributed by atoms with Crippen LogP contribution in [0.1, 0.15) is 13.3 Å².